The molecule has 5 nitrogen and oxygen atoms in total. The van der Waals surface area contributed by atoms with Crippen LogP contribution in [-0.4, -0.2) is 37.9 Å². The van der Waals surface area contributed by atoms with E-state index in [1.165, 1.54) is 23.9 Å². The zero-order valence-corrected chi connectivity index (χ0v) is 15.7. The standard InChI is InChI=1S/C18H22ClN3O2S/c1-14-4-6-15(7-5-14)17(22-10-2-3-11-22)13-21-25(23,24)16-8-9-18(19)20-12-16/h4-9,12,17,21H,2-3,10-11,13H2,1H3. The Bertz CT molecular complexity index is 801. The topological polar surface area (TPSA) is 62.3 Å². The lowest BCUT2D eigenvalue weighted by Gasteiger charge is -2.28. The van der Waals surface area contributed by atoms with Gasteiger partial charge in [0.2, 0.25) is 10.0 Å². The number of rotatable bonds is 6. The van der Waals surface area contributed by atoms with Gasteiger partial charge in [-0.15, -0.1) is 0 Å². The highest BCUT2D eigenvalue weighted by Gasteiger charge is 2.25. The minimum atomic E-state index is -3.62. The average molecular weight is 380 g/mol. The molecule has 1 unspecified atom stereocenters. The third kappa shape index (κ3) is 4.58. The number of likely N-dealkylation sites (tertiary alicyclic amines) is 1. The number of hydrogen-bond acceptors (Lipinski definition) is 4. The van der Waals surface area contributed by atoms with Gasteiger partial charge < -0.3 is 0 Å². The molecule has 1 N–H and O–H groups in total. The summed E-state index contributed by atoms with van der Waals surface area (Å²) in [6, 6.07) is 11.3. The van der Waals surface area contributed by atoms with E-state index in [1.54, 1.807) is 0 Å². The van der Waals surface area contributed by atoms with Gasteiger partial charge >= 0.3 is 0 Å². The first-order valence-electron chi connectivity index (χ1n) is 8.37. The van der Waals surface area contributed by atoms with Crippen LogP contribution in [0.25, 0.3) is 0 Å². The van der Waals surface area contributed by atoms with Crippen molar-refractivity contribution in [2.24, 2.45) is 0 Å². The van der Waals surface area contributed by atoms with Crippen molar-refractivity contribution in [2.45, 2.75) is 30.7 Å². The van der Waals surface area contributed by atoms with Crippen molar-refractivity contribution in [2.75, 3.05) is 19.6 Å². The number of nitrogens with one attached hydrogen (secondary N) is 1. The van der Waals surface area contributed by atoms with Crippen molar-refractivity contribution in [3.05, 3.63) is 58.9 Å². The van der Waals surface area contributed by atoms with E-state index in [0.717, 1.165) is 31.5 Å². The van der Waals surface area contributed by atoms with Gasteiger partial charge in [-0.2, -0.15) is 0 Å². The number of benzene rings is 1. The minimum absolute atomic E-state index is 0.0261. The van der Waals surface area contributed by atoms with Gasteiger partial charge in [-0.05, 0) is 50.6 Å². The van der Waals surface area contributed by atoms with E-state index in [0.29, 0.717) is 6.54 Å². The summed E-state index contributed by atoms with van der Waals surface area (Å²) in [6.07, 6.45) is 3.58. The quantitative estimate of drug-likeness (QED) is 0.783. The third-order valence-electron chi connectivity index (χ3n) is 4.52. The summed E-state index contributed by atoms with van der Waals surface area (Å²) in [7, 11) is -3.62. The summed E-state index contributed by atoms with van der Waals surface area (Å²) in [5.41, 5.74) is 2.32. The Balaban J connectivity index is 1.78. The summed E-state index contributed by atoms with van der Waals surface area (Å²) in [5.74, 6) is 0. The highest BCUT2D eigenvalue weighted by molar-refractivity contribution is 7.89. The Morgan fingerprint density at radius 1 is 1.16 bits per heavy atom. The maximum atomic E-state index is 12.5. The molecule has 1 aromatic heterocycles. The van der Waals surface area contributed by atoms with Crippen LogP contribution in [0.2, 0.25) is 5.15 Å². The smallest absolute Gasteiger partial charge is 0.242 e. The largest absolute Gasteiger partial charge is 0.295 e. The Morgan fingerprint density at radius 3 is 2.44 bits per heavy atom. The van der Waals surface area contributed by atoms with Crippen molar-refractivity contribution >= 4 is 21.6 Å². The molecule has 1 fully saturated rings. The monoisotopic (exact) mass is 379 g/mol. The summed E-state index contributed by atoms with van der Waals surface area (Å²) < 4.78 is 27.8. The molecule has 1 saturated heterocycles. The fourth-order valence-corrected chi connectivity index (χ4v) is 4.19. The van der Waals surface area contributed by atoms with Gasteiger partial charge in [0.1, 0.15) is 10.0 Å². The first-order chi connectivity index (χ1) is 12.0. The van der Waals surface area contributed by atoms with Gasteiger partial charge in [-0.1, -0.05) is 41.4 Å². The van der Waals surface area contributed by atoms with Crippen LogP contribution in [0.5, 0.6) is 0 Å². The van der Waals surface area contributed by atoms with E-state index in [4.69, 9.17) is 11.6 Å². The normalized spacial score (nSPS) is 16.9. The molecule has 1 aliphatic heterocycles. The van der Waals surface area contributed by atoms with Crippen molar-refractivity contribution in [3.63, 3.8) is 0 Å². The van der Waals surface area contributed by atoms with Gasteiger partial charge in [0.15, 0.2) is 0 Å². The molecule has 0 aliphatic carbocycles. The van der Waals surface area contributed by atoms with Gasteiger partial charge in [-0.25, -0.2) is 18.1 Å². The van der Waals surface area contributed by atoms with E-state index in [2.05, 4.69) is 38.9 Å². The van der Waals surface area contributed by atoms with Crippen LogP contribution in [0.4, 0.5) is 0 Å². The Kier molecular flexibility index (Phi) is 5.74. The number of nitrogens with zero attached hydrogens (tertiary/aromatic N) is 2. The lowest BCUT2D eigenvalue weighted by atomic mass is 10.0. The van der Waals surface area contributed by atoms with Crippen molar-refractivity contribution < 1.29 is 8.42 Å². The molecule has 0 spiro atoms. The van der Waals surface area contributed by atoms with Crippen molar-refractivity contribution in [1.29, 1.82) is 0 Å². The molecule has 1 aliphatic rings. The summed E-state index contributed by atoms with van der Waals surface area (Å²) >= 11 is 5.74. The van der Waals surface area contributed by atoms with Crippen LogP contribution in [0.1, 0.15) is 30.0 Å². The minimum Gasteiger partial charge on any atom is -0.295 e. The molecule has 0 amide bonds. The van der Waals surface area contributed by atoms with E-state index in [1.807, 2.05) is 6.92 Å². The lowest BCUT2D eigenvalue weighted by Crippen LogP contribution is -2.36. The molecule has 0 bridgehead atoms. The van der Waals surface area contributed by atoms with Gasteiger partial charge in [0, 0.05) is 18.8 Å². The van der Waals surface area contributed by atoms with Crippen LogP contribution in [0.15, 0.2) is 47.5 Å². The predicted octanol–water partition coefficient (Wildman–Crippen LogP) is 3.16. The fraction of sp³-hybridized carbons (Fsp3) is 0.389. The number of halogens is 1. The molecule has 0 radical (unpaired) electrons. The van der Waals surface area contributed by atoms with Crippen LogP contribution in [0, 0.1) is 6.92 Å². The summed E-state index contributed by atoms with van der Waals surface area (Å²) in [6.45, 7) is 4.35. The maximum Gasteiger partial charge on any atom is 0.242 e. The van der Waals surface area contributed by atoms with E-state index in [-0.39, 0.29) is 16.1 Å². The fourth-order valence-electron chi connectivity index (χ4n) is 3.09. The van der Waals surface area contributed by atoms with Gasteiger partial charge in [0.05, 0.1) is 0 Å². The van der Waals surface area contributed by atoms with Crippen molar-refractivity contribution in [3.8, 4) is 0 Å². The SMILES string of the molecule is Cc1ccc(C(CNS(=O)(=O)c2ccc(Cl)nc2)N2CCCC2)cc1. The van der Waals surface area contributed by atoms with Crippen LogP contribution in [-0.2, 0) is 10.0 Å². The molecule has 25 heavy (non-hydrogen) atoms. The number of sulfonamides is 1. The maximum absolute atomic E-state index is 12.5. The molecule has 2 heterocycles. The van der Waals surface area contributed by atoms with Crippen molar-refractivity contribution in [1.82, 2.24) is 14.6 Å². The summed E-state index contributed by atoms with van der Waals surface area (Å²) in [5, 5.41) is 0.272. The first kappa shape index (κ1) is 18.3. The molecule has 1 aromatic carbocycles. The van der Waals surface area contributed by atoms with Crippen LogP contribution < -0.4 is 4.72 Å². The molecule has 0 saturated carbocycles. The predicted molar refractivity (Wildman–Crippen MR) is 99.2 cm³/mol. The molecule has 134 valence electrons. The van der Waals surface area contributed by atoms with Crippen LogP contribution >= 0.6 is 11.6 Å². The van der Waals surface area contributed by atoms with Crippen LogP contribution in [0.3, 0.4) is 0 Å². The van der Waals surface area contributed by atoms with Gasteiger partial charge in [-0.3, -0.25) is 4.90 Å². The molecule has 1 atom stereocenters. The van der Waals surface area contributed by atoms with E-state index < -0.39 is 10.0 Å². The number of pyridine rings is 1. The highest BCUT2D eigenvalue weighted by atomic mass is 35.5. The average Bonchev–Trinajstić information content (AvgIpc) is 3.11. The third-order valence-corrected chi connectivity index (χ3v) is 6.15. The number of aromatic nitrogens is 1. The summed E-state index contributed by atoms with van der Waals surface area (Å²) in [4.78, 5) is 6.32. The molecule has 3 rings (SSSR count). The molecule has 7 heteroatoms. The van der Waals surface area contributed by atoms with E-state index >= 15 is 0 Å². The zero-order valence-electron chi connectivity index (χ0n) is 14.2. The second kappa shape index (κ2) is 7.83. The molecular weight excluding hydrogens is 358 g/mol. The second-order valence-electron chi connectivity index (χ2n) is 6.34. The molecular formula is C18H22ClN3O2S. The highest BCUT2D eigenvalue weighted by Crippen LogP contribution is 2.25. The second-order valence-corrected chi connectivity index (χ2v) is 8.49. The number of aryl methyl sites for hydroxylation is 1. The van der Waals surface area contributed by atoms with Gasteiger partial charge in [0.25, 0.3) is 0 Å². The zero-order chi connectivity index (χ0) is 17.9. The Labute approximate surface area is 154 Å². The Morgan fingerprint density at radius 2 is 1.84 bits per heavy atom. The lowest BCUT2D eigenvalue weighted by molar-refractivity contribution is 0.246. The Hall–Kier alpha value is -1.47. The number of hydrogen-bond donors (Lipinski definition) is 1. The first-order valence-corrected chi connectivity index (χ1v) is 10.2. The van der Waals surface area contributed by atoms with E-state index in [9.17, 15) is 8.42 Å². The molecule has 2 aromatic rings.